The van der Waals surface area contributed by atoms with Crippen LogP contribution in [-0.2, 0) is 11.3 Å². The Morgan fingerprint density at radius 2 is 1.58 bits per heavy atom. The molecule has 0 saturated carbocycles. The summed E-state index contributed by atoms with van der Waals surface area (Å²) in [7, 11) is 0. The number of hydrogen-bond acceptors (Lipinski definition) is 2. The van der Waals surface area contributed by atoms with Crippen molar-refractivity contribution < 1.29 is 31.1 Å². The van der Waals surface area contributed by atoms with E-state index in [1.807, 2.05) is 0 Å². The lowest BCUT2D eigenvalue weighted by Gasteiger charge is -2.23. The first kappa shape index (κ1) is 16.3. The Kier molecular flexibility index (Phi) is 4.91. The smallest absolute Gasteiger partial charge is 0.356 e. The van der Waals surface area contributed by atoms with Crippen LogP contribution in [0.4, 0.5) is 26.3 Å². The van der Waals surface area contributed by atoms with Gasteiger partial charge in [-0.3, -0.25) is 0 Å². The van der Waals surface area contributed by atoms with Crippen molar-refractivity contribution >= 4 is 23.2 Å². The van der Waals surface area contributed by atoms with Crippen LogP contribution in [0.25, 0.3) is 0 Å². The maximum absolute atomic E-state index is 12.2. The molecule has 1 rings (SSSR count). The van der Waals surface area contributed by atoms with Crippen LogP contribution in [0.2, 0.25) is 10.3 Å². The van der Waals surface area contributed by atoms with Gasteiger partial charge in [0.1, 0.15) is 10.3 Å². The number of nitrogens with zero attached hydrogens (tertiary/aromatic N) is 1. The molecule has 0 bridgehead atoms. The third-order valence-corrected chi connectivity index (χ3v) is 2.43. The maximum Gasteiger partial charge on any atom is 0.423 e. The van der Waals surface area contributed by atoms with Crippen LogP contribution in [0.3, 0.4) is 0 Å². The second-order valence-electron chi connectivity index (χ2n) is 3.36. The zero-order chi connectivity index (χ0) is 14.8. The molecule has 1 aromatic rings. The summed E-state index contributed by atoms with van der Waals surface area (Å²) in [4.78, 5) is 3.46. The first-order chi connectivity index (χ1) is 8.51. The fourth-order valence-corrected chi connectivity index (χ4v) is 1.50. The predicted molar refractivity (Wildman–Crippen MR) is 54.9 cm³/mol. The van der Waals surface area contributed by atoms with Crippen molar-refractivity contribution in [2.24, 2.45) is 0 Å². The van der Waals surface area contributed by atoms with E-state index in [9.17, 15) is 26.3 Å². The highest BCUT2D eigenvalue weighted by Gasteiger charge is 2.57. The van der Waals surface area contributed by atoms with E-state index in [0.717, 1.165) is 6.07 Å². The molecule has 1 heterocycles. The molecule has 19 heavy (non-hydrogen) atoms. The summed E-state index contributed by atoms with van der Waals surface area (Å²) < 4.78 is 76.9. The second-order valence-corrected chi connectivity index (χ2v) is 4.10. The van der Waals surface area contributed by atoms with Crippen molar-refractivity contribution in [1.29, 1.82) is 0 Å². The van der Waals surface area contributed by atoms with Crippen LogP contribution in [0, 0.1) is 0 Å². The Bertz CT molecular complexity index is 433. The highest BCUT2D eigenvalue weighted by molar-refractivity contribution is 6.32. The molecule has 2 nitrogen and oxygen atoms in total. The molecule has 0 amide bonds. The van der Waals surface area contributed by atoms with Gasteiger partial charge in [0.25, 0.3) is 0 Å². The number of pyridine rings is 1. The third kappa shape index (κ3) is 4.70. The third-order valence-electron chi connectivity index (χ3n) is 1.89. The van der Waals surface area contributed by atoms with E-state index in [1.54, 1.807) is 0 Å². The number of alkyl halides is 6. The lowest BCUT2D eigenvalue weighted by Crippen LogP contribution is -2.44. The molecule has 0 aliphatic heterocycles. The normalized spacial score (nSPS) is 13.1. The first-order valence-electron chi connectivity index (χ1n) is 4.58. The van der Waals surface area contributed by atoms with E-state index < -0.39 is 25.1 Å². The summed E-state index contributed by atoms with van der Waals surface area (Å²) in [6, 6.07) is 2.30. The molecule has 0 saturated heterocycles. The van der Waals surface area contributed by atoms with Crippen LogP contribution in [0.15, 0.2) is 12.1 Å². The standard InChI is InChI=1S/C9H5Cl2F6NO/c10-5-2-1-4(6(11)18-5)3-19-7(8(12,13)14)9(15,16)17/h1-2,7H,3H2. The molecule has 108 valence electrons. The molecule has 0 aliphatic rings. The molecule has 0 atom stereocenters. The molecule has 0 radical (unpaired) electrons. The SMILES string of the molecule is FC(F)(F)C(OCc1ccc(Cl)nc1Cl)C(F)(F)F. The van der Waals surface area contributed by atoms with Crippen molar-refractivity contribution in [2.75, 3.05) is 0 Å². The number of rotatable bonds is 3. The van der Waals surface area contributed by atoms with E-state index in [-0.39, 0.29) is 15.9 Å². The lowest BCUT2D eigenvalue weighted by molar-refractivity contribution is -0.324. The topological polar surface area (TPSA) is 22.1 Å². The first-order valence-corrected chi connectivity index (χ1v) is 5.33. The van der Waals surface area contributed by atoms with E-state index in [0.29, 0.717) is 0 Å². The summed E-state index contributed by atoms with van der Waals surface area (Å²) in [6.07, 6.45) is -15.0. The Morgan fingerprint density at radius 1 is 1.05 bits per heavy atom. The Hall–Kier alpha value is -0.730. The molecule has 0 unspecified atom stereocenters. The molecule has 1 aromatic heterocycles. The van der Waals surface area contributed by atoms with E-state index in [2.05, 4.69) is 9.72 Å². The maximum atomic E-state index is 12.2. The summed E-state index contributed by atoms with van der Waals surface area (Å²) in [5, 5.41) is -0.368. The molecule has 0 N–H and O–H groups in total. The minimum Gasteiger partial charge on any atom is -0.356 e. The van der Waals surface area contributed by atoms with Crippen LogP contribution < -0.4 is 0 Å². The van der Waals surface area contributed by atoms with Gasteiger partial charge >= 0.3 is 12.4 Å². The summed E-state index contributed by atoms with van der Waals surface area (Å²) in [5.74, 6) is 0. The quantitative estimate of drug-likeness (QED) is 0.606. The Morgan fingerprint density at radius 3 is 2.00 bits per heavy atom. The van der Waals surface area contributed by atoms with Gasteiger partial charge in [0.15, 0.2) is 0 Å². The molecular weight excluding hydrogens is 323 g/mol. The number of halogens is 8. The highest BCUT2D eigenvalue weighted by Crippen LogP contribution is 2.36. The van der Waals surface area contributed by atoms with Gasteiger partial charge in [-0.05, 0) is 6.07 Å². The lowest BCUT2D eigenvalue weighted by atomic mass is 10.3. The molecule has 0 spiro atoms. The fourth-order valence-electron chi connectivity index (χ4n) is 1.10. The van der Waals surface area contributed by atoms with Crippen LogP contribution in [0.1, 0.15) is 5.56 Å². The van der Waals surface area contributed by atoms with Gasteiger partial charge in [-0.1, -0.05) is 29.3 Å². The second kappa shape index (κ2) is 5.72. The van der Waals surface area contributed by atoms with E-state index in [4.69, 9.17) is 23.2 Å². The van der Waals surface area contributed by atoms with Gasteiger partial charge in [0.2, 0.25) is 6.10 Å². The van der Waals surface area contributed by atoms with Gasteiger partial charge in [0, 0.05) is 5.56 Å². The zero-order valence-corrected chi connectivity index (χ0v) is 10.3. The minimum atomic E-state index is -5.56. The van der Waals surface area contributed by atoms with Gasteiger partial charge in [-0.2, -0.15) is 26.3 Å². The summed E-state index contributed by atoms with van der Waals surface area (Å²) >= 11 is 10.9. The summed E-state index contributed by atoms with van der Waals surface area (Å²) in [6.45, 7) is -0.993. The van der Waals surface area contributed by atoms with E-state index >= 15 is 0 Å². The predicted octanol–water partition coefficient (Wildman–Crippen LogP) is 4.40. The number of hydrogen-bond donors (Lipinski definition) is 0. The number of ether oxygens (including phenoxy) is 1. The fraction of sp³-hybridized carbons (Fsp3) is 0.444. The Labute approximate surface area is 113 Å². The molecule has 0 fully saturated rings. The number of aromatic nitrogens is 1. The van der Waals surface area contributed by atoms with Crippen molar-refractivity contribution in [3.05, 3.63) is 28.0 Å². The van der Waals surface area contributed by atoms with Crippen LogP contribution in [0.5, 0.6) is 0 Å². The van der Waals surface area contributed by atoms with Crippen LogP contribution in [-0.4, -0.2) is 23.4 Å². The highest BCUT2D eigenvalue weighted by atomic mass is 35.5. The van der Waals surface area contributed by atoms with Crippen molar-refractivity contribution in [2.45, 2.75) is 25.1 Å². The van der Waals surface area contributed by atoms with Gasteiger partial charge in [0.05, 0.1) is 6.61 Å². The minimum absolute atomic E-state index is 0.0445. The van der Waals surface area contributed by atoms with Crippen molar-refractivity contribution in [1.82, 2.24) is 4.98 Å². The Balaban J connectivity index is 2.83. The zero-order valence-electron chi connectivity index (χ0n) is 8.82. The molecular formula is C9H5Cl2F6NO. The van der Waals surface area contributed by atoms with Crippen LogP contribution >= 0.6 is 23.2 Å². The van der Waals surface area contributed by atoms with Gasteiger partial charge in [-0.25, -0.2) is 4.98 Å². The molecule has 0 aromatic carbocycles. The largest absolute Gasteiger partial charge is 0.423 e. The average molecular weight is 328 g/mol. The van der Waals surface area contributed by atoms with Gasteiger partial charge in [-0.15, -0.1) is 0 Å². The summed E-state index contributed by atoms with van der Waals surface area (Å²) in [5.41, 5.74) is -0.135. The molecule has 0 aliphatic carbocycles. The van der Waals surface area contributed by atoms with Crippen molar-refractivity contribution in [3.8, 4) is 0 Å². The average Bonchev–Trinajstić information content (AvgIpc) is 2.17. The van der Waals surface area contributed by atoms with Crippen molar-refractivity contribution in [3.63, 3.8) is 0 Å². The van der Waals surface area contributed by atoms with E-state index in [1.165, 1.54) is 6.07 Å². The monoisotopic (exact) mass is 327 g/mol. The van der Waals surface area contributed by atoms with Gasteiger partial charge < -0.3 is 4.74 Å². The molecule has 10 heteroatoms.